The monoisotopic (exact) mass is 295 g/mol. The van der Waals surface area contributed by atoms with Gasteiger partial charge in [0.1, 0.15) is 17.9 Å². The zero-order chi connectivity index (χ0) is 15.6. The fraction of sp³-hybridized carbons (Fsp3) is 0.562. The standard InChI is InChI=1S/C16H25NO4/c1-16(17-2,15(18)19-3)10-7-11-20-12-13-21-14-8-5-4-6-9-14/h4-6,8-9,17H,7,10-13H2,1-3H3. The Hall–Kier alpha value is -1.59. The molecule has 1 N–H and O–H groups in total. The molecule has 5 nitrogen and oxygen atoms in total. The van der Waals surface area contributed by atoms with E-state index in [0.717, 1.165) is 12.2 Å². The highest BCUT2D eigenvalue weighted by atomic mass is 16.5. The molecule has 0 aliphatic carbocycles. The molecule has 0 aromatic heterocycles. The van der Waals surface area contributed by atoms with Crippen molar-refractivity contribution in [3.63, 3.8) is 0 Å². The SMILES string of the molecule is CNC(C)(CCCOCCOc1ccccc1)C(=O)OC. The number of carbonyl (C=O) groups excluding carboxylic acids is 1. The van der Waals surface area contributed by atoms with Gasteiger partial charge in [-0.3, -0.25) is 4.79 Å². The molecule has 1 unspecified atom stereocenters. The second-order valence-corrected chi connectivity index (χ2v) is 4.95. The maximum Gasteiger partial charge on any atom is 0.325 e. The molecule has 0 bridgehead atoms. The van der Waals surface area contributed by atoms with Crippen molar-refractivity contribution in [2.45, 2.75) is 25.3 Å². The third kappa shape index (κ3) is 6.14. The molecule has 21 heavy (non-hydrogen) atoms. The Morgan fingerprint density at radius 2 is 1.90 bits per heavy atom. The fourth-order valence-electron chi connectivity index (χ4n) is 1.92. The minimum Gasteiger partial charge on any atom is -0.491 e. The maximum atomic E-state index is 11.6. The molecular formula is C16H25NO4. The van der Waals surface area contributed by atoms with E-state index in [9.17, 15) is 4.79 Å². The van der Waals surface area contributed by atoms with Gasteiger partial charge in [0.2, 0.25) is 0 Å². The number of hydrogen-bond donors (Lipinski definition) is 1. The van der Waals surface area contributed by atoms with Crippen molar-refractivity contribution in [1.82, 2.24) is 5.32 Å². The van der Waals surface area contributed by atoms with Crippen molar-refractivity contribution in [3.05, 3.63) is 30.3 Å². The maximum absolute atomic E-state index is 11.6. The molecule has 0 aliphatic rings. The van der Waals surface area contributed by atoms with Gasteiger partial charge in [0.25, 0.3) is 0 Å². The molecule has 0 saturated carbocycles. The van der Waals surface area contributed by atoms with Crippen LogP contribution in [0.15, 0.2) is 30.3 Å². The van der Waals surface area contributed by atoms with Crippen LogP contribution >= 0.6 is 0 Å². The van der Waals surface area contributed by atoms with Gasteiger partial charge >= 0.3 is 5.97 Å². The molecule has 0 amide bonds. The Kier molecular flexibility index (Phi) is 7.79. The lowest BCUT2D eigenvalue weighted by Crippen LogP contribution is -2.48. The Bertz CT molecular complexity index is 410. The van der Waals surface area contributed by atoms with Crippen LogP contribution in [0.4, 0.5) is 0 Å². The van der Waals surface area contributed by atoms with E-state index in [-0.39, 0.29) is 5.97 Å². The highest BCUT2D eigenvalue weighted by Crippen LogP contribution is 2.13. The van der Waals surface area contributed by atoms with Gasteiger partial charge in [-0.1, -0.05) is 18.2 Å². The van der Waals surface area contributed by atoms with Crippen LogP contribution in [0.1, 0.15) is 19.8 Å². The van der Waals surface area contributed by atoms with Crippen molar-refractivity contribution in [3.8, 4) is 5.75 Å². The Morgan fingerprint density at radius 1 is 1.19 bits per heavy atom. The van der Waals surface area contributed by atoms with E-state index in [1.807, 2.05) is 37.3 Å². The number of methoxy groups -OCH3 is 1. The molecule has 1 aromatic carbocycles. The van der Waals surface area contributed by atoms with Crippen LogP contribution in [0.25, 0.3) is 0 Å². The second kappa shape index (κ2) is 9.37. The summed E-state index contributed by atoms with van der Waals surface area (Å²) in [6.45, 7) is 3.47. The van der Waals surface area contributed by atoms with Gasteiger partial charge in [0.05, 0.1) is 13.7 Å². The third-order valence-electron chi connectivity index (χ3n) is 3.39. The highest BCUT2D eigenvalue weighted by Gasteiger charge is 2.31. The molecule has 1 rings (SSSR count). The first-order chi connectivity index (χ1) is 10.1. The zero-order valence-electron chi connectivity index (χ0n) is 13.1. The number of esters is 1. The largest absolute Gasteiger partial charge is 0.491 e. The average Bonchev–Trinajstić information content (AvgIpc) is 2.53. The molecule has 1 aromatic rings. The Morgan fingerprint density at radius 3 is 2.52 bits per heavy atom. The van der Waals surface area contributed by atoms with Gasteiger partial charge in [-0.15, -0.1) is 0 Å². The number of likely N-dealkylation sites (N-methyl/N-ethyl adjacent to an activating group) is 1. The van der Waals surface area contributed by atoms with E-state index in [0.29, 0.717) is 26.2 Å². The summed E-state index contributed by atoms with van der Waals surface area (Å²) in [5, 5.41) is 3.00. The molecule has 0 radical (unpaired) electrons. The molecule has 118 valence electrons. The predicted octanol–water partition coefficient (Wildman–Crippen LogP) is 2.01. The predicted molar refractivity (Wildman–Crippen MR) is 81.5 cm³/mol. The number of ether oxygens (including phenoxy) is 3. The third-order valence-corrected chi connectivity index (χ3v) is 3.39. The van der Waals surface area contributed by atoms with Crippen LogP contribution in [0.3, 0.4) is 0 Å². The number of nitrogens with one attached hydrogen (secondary N) is 1. The lowest BCUT2D eigenvalue weighted by atomic mass is 9.96. The van der Waals surface area contributed by atoms with E-state index in [2.05, 4.69) is 5.32 Å². The van der Waals surface area contributed by atoms with E-state index in [1.165, 1.54) is 7.11 Å². The van der Waals surface area contributed by atoms with Crippen LogP contribution in [0, 0.1) is 0 Å². The molecule has 0 fully saturated rings. The Labute approximate surface area is 126 Å². The van der Waals surface area contributed by atoms with Crippen LogP contribution < -0.4 is 10.1 Å². The normalized spacial score (nSPS) is 13.5. The number of para-hydroxylation sites is 1. The highest BCUT2D eigenvalue weighted by molar-refractivity contribution is 5.80. The number of hydrogen-bond acceptors (Lipinski definition) is 5. The van der Waals surface area contributed by atoms with E-state index in [4.69, 9.17) is 14.2 Å². The molecule has 1 atom stereocenters. The van der Waals surface area contributed by atoms with Crippen molar-refractivity contribution < 1.29 is 19.0 Å². The zero-order valence-corrected chi connectivity index (χ0v) is 13.1. The molecule has 0 heterocycles. The fourth-order valence-corrected chi connectivity index (χ4v) is 1.92. The molecule has 0 aliphatic heterocycles. The summed E-state index contributed by atoms with van der Waals surface area (Å²) in [6.07, 6.45) is 1.44. The first-order valence-corrected chi connectivity index (χ1v) is 7.15. The van der Waals surface area contributed by atoms with Crippen molar-refractivity contribution >= 4 is 5.97 Å². The summed E-state index contributed by atoms with van der Waals surface area (Å²) < 4.78 is 15.8. The number of benzene rings is 1. The van der Waals surface area contributed by atoms with Crippen molar-refractivity contribution in [2.24, 2.45) is 0 Å². The van der Waals surface area contributed by atoms with E-state index in [1.54, 1.807) is 7.05 Å². The molecule has 0 saturated heterocycles. The summed E-state index contributed by atoms with van der Waals surface area (Å²) in [5.41, 5.74) is -0.654. The first-order valence-electron chi connectivity index (χ1n) is 7.15. The Balaban J connectivity index is 2.10. The van der Waals surface area contributed by atoms with Crippen LogP contribution in [-0.2, 0) is 14.3 Å². The second-order valence-electron chi connectivity index (χ2n) is 4.95. The van der Waals surface area contributed by atoms with E-state index >= 15 is 0 Å². The smallest absolute Gasteiger partial charge is 0.325 e. The van der Waals surface area contributed by atoms with Crippen LogP contribution in [-0.4, -0.2) is 45.5 Å². The van der Waals surface area contributed by atoms with Gasteiger partial charge in [-0.05, 0) is 38.9 Å². The first kappa shape index (κ1) is 17.5. The summed E-state index contributed by atoms with van der Waals surface area (Å²) in [7, 11) is 3.15. The van der Waals surface area contributed by atoms with Gasteiger partial charge in [-0.25, -0.2) is 0 Å². The molecule has 0 spiro atoms. The number of carbonyl (C=O) groups is 1. The van der Waals surface area contributed by atoms with Crippen molar-refractivity contribution in [1.29, 1.82) is 0 Å². The van der Waals surface area contributed by atoms with Gasteiger partial charge in [0.15, 0.2) is 0 Å². The number of rotatable bonds is 10. The summed E-state index contributed by atoms with van der Waals surface area (Å²) in [5.74, 6) is 0.590. The van der Waals surface area contributed by atoms with Crippen LogP contribution in [0.2, 0.25) is 0 Å². The minimum absolute atomic E-state index is 0.252. The lowest BCUT2D eigenvalue weighted by Gasteiger charge is -2.25. The van der Waals surface area contributed by atoms with Gasteiger partial charge in [0, 0.05) is 6.61 Å². The topological polar surface area (TPSA) is 56.8 Å². The lowest BCUT2D eigenvalue weighted by molar-refractivity contribution is -0.148. The van der Waals surface area contributed by atoms with Gasteiger partial charge in [-0.2, -0.15) is 0 Å². The summed E-state index contributed by atoms with van der Waals surface area (Å²) in [6, 6.07) is 9.63. The quantitative estimate of drug-likeness (QED) is 0.528. The molecule has 5 heteroatoms. The average molecular weight is 295 g/mol. The summed E-state index contributed by atoms with van der Waals surface area (Å²) in [4.78, 5) is 11.6. The van der Waals surface area contributed by atoms with E-state index < -0.39 is 5.54 Å². The van der Waals surface area contributed by atoms with Gasteiger partial charge < -0.3 is 19.5 Å². The van der Waals surface area contributed by atoms with Crippen LogP contribution in [0.5, 0.6) is 5.75 Å². The van der Waals surface area contributed by atoms with Crippen molar-refractivity contribution in [2.75, 3.05) is 34.0 Å². The summed E-state index contributed by atoms with van der Waals surface area (Å²) >= 11 is 0. The minimum atomic E-state index is -0.654. The molecular weight excluding hydrogens is 270 g/mol.